The number of nitrogens with one attached hydrogen (secondary N) is 2. The lowest BCUT2D eigenvalue weighted by Crippen LogP contribution is -2.42. The molecule has 0 saturated carbocycles. The minimum Gasteiger partial charge on any atom is -0.481 e. The van der Waals surface area contributed by atoms with Crippen molar-refractivity contribution < 1.29 is 19.5 Å². The summed E-state index contributed by atoms with van der Waals surface area (Å²) in [6.07, 6.45) is 1.61. The molecule has 0 aromatic carbocycles. The first-order valence-corrected chi connectivity index (χ1v) is 6.46. The molecule has 0 heterocycles. The van der Waals surface area contributed by atoms with Gasteiger partial charge in [0, 0.05) is 13.0 Å². The third kappa shape index (κ3) is 8.18. The lowest BCUT2D eigenvalue weighted by Gasteiger charge is -2.17. The van der Waals surface area contributed by atoms with Crippen LogP contribution in [0.1, 0.15) is 47.0 Å². The van der Waals surface area contributed by atoms with Gasteiger partial charge in [0.05, 0.1) is 5.41 Å². The van der Waals surface area contributed by atoms with Crippen LogP contribution in [0.25, 0.3) is 0 Å². The largest absolute Gasteiger partial charge is 0.481 e. The highest BCUT2D eigenvalue weighted by Gasteiger charge is 2.30. The van der Waals surface area contributed by atoms with E-state index >= 15 is 0 Å². The zero-order valence-corrected chi connectivity index (χ0v) is 12.1. The molecule has 0 aromatic heterocycles. The Labute approximate surface area is 113 Å². The van der Waals surface area contributed by atoms with Crippen molar-refractivity contribution in [3.63, 3.8) is 0 Å². The van der Waals surface area contributed by atoms with Crippen molar-refractivity contribution in [3.8, 4) is 0 Å². The second-order valence-corrected chi connectivity index (χ2v) is 5.71. The maximum Gasteiger partial charge on any atom is 0.321 e. The molecule has 0 fully saturated rings. The fourth-order valence-corrected chi connectivity index (χ4v) is 1.40. The lowest BCUT2D eigenvalue weighted by atomic mass is 9.89. The first-order chi connectivity index (χ1) is 8.65. The molecule has 0 saturated heterocycles. The molecule has 0 aliphatic heterocycles. The Morgan fingerprint density at radius 1 is 1.21 bits per heavy atom. The summed E-state index contributed by atoms with van der Waals surface area (Å²) in [7, 11) is 0. The highest BCUT2D eigenvalue weighted by atomic mass is 16.4. The number of imide groups is 1. The number of hydrogen-bond donors (Lipinski definition) is 3. The number of rotatable bonds is 7. The van der Waals surface area contributed by atoms with Crippen molar-refractivity contribution >= 4 is 17.9 Å². The predicted molar refractivity (Wildman–Crippen MR) is 71.6 cm³/mol. The Morgan fingerprint density at radius 2 is 1.79 bits per heavy atom. The minimum atomic E-state index is -1.18. The topological polar surface area (TPSA) is 95.5 Å². The smallest absolute Gasteiger partial charge is 0.321 e. The van der Waals surface area contributed by atoms with Gasteiger partial charge in [0.25, 0.3) is 0 Å². The van der Waals surface area contributed by atoms with Gasteiger partial charge in [-0.2, -0.15) is 0 Å². The third-order valence-corrected chi connectivity index (χ3v) is 2.68. The van der Waals surface area contributed by atoms with E-state index in [1.165, 1.54) is 13.8 Å². The van der Waals surface area contributed by atoms with E-state index in [2.05, 4.69) is 24.5 Å². The van der Waals surface area contributed by atoms with Gasteiger partial charge in [-0.1, -0.05) is 13.8 Å². The molecule has 3 N–H and O–H groups in total. The standard InChI is InChI=1S/C13H24N2O4/c1-9(2)6-5-7-14-12(19)15-10(16)8-13(3,4)11(17)18/h9H,5-8H2,1-4H3,(H,17,18)(H2,14,15,16,19). The molecule has 110 valence electrons. The van der Waals surface area contributed by atoms with Gasteiger partial charge in [0.15, 0.2) is 0 Å². The van der Waals surface area contributed by atoms with Gasteiger partial charge in [-0.25, -0.2) is 4.79 Å². The highest BCUT2D eigenvalue weighted by molar-refractivity contribution is 5.96. The van der Waals surface area contributed by atoms with Crippen molar-refractivity contribution in [2.45, 2.75) is 47.0 Å². The second-order valence-electron chi connectivity index (χ2n) is 5.71. The Morgan fingerprint density at radius 3 is 2.26 bits per heavy atom. The van der Waals surface area contributed by atoms with Crippen molar-refractivity contribution in [3.05, 3.63) is 0 Å². The SMILES string of the molecule is CC(C)CCCNC(=O)NC(=O)CC(C)(C)C(=O)O. The first-order valence-electron chi connectivity index (χ1n) is 6.46. The molecule has 6 nitrogen and oxygen atoms in total. The zero-order chi connectivity index (χ0) is 15.1. The van der Waals surface area contributed by atoms with Crippen LogP contribution in [0.4, 0.5) is 4.79 Å². The summed E-state index contributed by atoms with van der Waals surface area (Å²) in [6.45, 7) is 7.57. The van der Waals surface area contributed by atoms with Crippen LogP contribution in [0, 0.1) is 11.3 Å². The number of carboxylic acid groups (broad SMARTS) is 1. The van der Waals surface area contributed by atoms with Gasteiger partial charge in [-0.05, 0) is 32.6 Å². The van der Waals surface area contributed by atoms with Crippen molar-refractivity contribution in [2.75, 3.05) is 6.54 Å². The molecule has 19 heavy (non-hydrogen) atoms. The van der Waals surface area contributed by atoms with Crippen LogP contribution >= 0.6 is 0 Å². The maximum atomic E-state index is 11.5. The van der Waals surface area contributed by atoms with Crippen molar-refractivity contribution in [1.82, 2.24) is 10.6 Å². The summed E-state index contributed by atoms with van der Waals surface area (Å²) >= 11 is 0. The van der Waals surface area contributed by atoms with Gasteiger partial charge in [0.1, 0.15) is 0 Å². The molecule has 0 unspecified atom stereocenters. The van der Waals surface area contributed by atoms with Crippen LogP contribution in [-0.2, 0) is 9.59 Å². The molecule has 0 aliphatic carbocycles. The summed E-state index contributed by atoms with van der Waals surface area (Å²) in [5.41, 5.74) is -1.18. The van der Waals surface area contributed by atoms with E-state index in [-0.39, 0.29) is 6.42 Å². The van der Waals surface area contributed by atoms with E-state index in [1.807, 2.05) is 0 Å². The molecule has 0 bridgehead atoms. The summed E-state index contributed by atoms with van der Waals surface area (Å²) in [4.78, 5) is 33.7. The minimum absolute atomic E-state index is 0.234. The Balaban J connectivity index is 3.94. The number of carbonyl (C=O) groups is 3. The molecule has 0 radical (unpaired) electrons. The maximum absolute atomic E-state index is 11.5. The van der Waals surface area contributed by atoms with E-state index in [4.69, 9.17) is 5.11 Å². The van der Waals surface area contributed by atoms with E-state index in [0.29, 0.717) is 12.5 Å². The summed E-state index contributed by atoms with van der Waals surface area (Å²) < 4.78 is 0. The molecule has 0 rings (SSSR count). The fourth-order valence-electron chi connectivity index (χ4n) is 1.40. The zero-order valence-electron chi connectivity index (χ0n) is 12.1. The average molecular weight is 272 g/mol. The molecule has 0 aromatic rings. The summed E-state index contributed by atoms with van der Waals surface area (Å²) in [5, 5.41) is 13.6. The molecular formula is C13H24N2O4. The number of hydrogen-bond acceptors (Lipinski definition) is 3. The van der Waals surface area contributed by atoms with Crippen LogP contribution in [0.15, 0.2) is 0 Å². The van der Waals surface area contributed by atoms with Gasteiger partial charge in [0.2, 0.25) is 5.91 Å². The first kappa shape index (κ1) is 17.4. The number of carbonyl (C=O) groups excluding carboxylic acids is 2. The normalized spacial score (nSPS) is 11.2. The second kappa shape index (κ2) is 7.76. The van der Waals surface area contributed by atoms with E-state index in [1.54, 1.807) is 0 Å². The summed E-state index contributed by atoms with van der Waals surface area (Å²) in [5.74, 6) is -1.09. The molecular weight excluding hydrogens is 248 g/mol. The number of urea groups is 1. The van der Waals surface area contributed by atoms with Gasteiger partial charge >= 0.3 is 12.0 Å². The Bertz CT molecular complexity index is 338. The van der Waals surface area contributed by atoms with Gasteiger partial charge in [-0.15, -0.1) is 0 Å². The van der Waals surface area contributed by atoms with E-state index in [9.17, 15) is 14.4 Å². The lowest BCUT2D eigenvalue weighted by molar-refractivity contribution is -0.149. The van der Waals surface area contributed by atoms with Crippen LogP contribution < -0.4 is 10.6 Å². The highest BCUT2D eigenvalue weighted by Crippen LogP contribution is 2.19. The summed E-state index contributed by atoms with van der Waals surface area (Å²) in [6, 6.07) is -0.574. The number of amides is 3. The molecule has 0 atom stereocenters. The molecule has 6 heteroatoms. The van der Waals surface area contributed by atoms with Crippen LogP contribution in [0.5, 0.6) is 0 Å². The quantitative estimate of drug-likeness (QED) is 0.615. The van der Waals surface area contributed by atoms with Gasteiger partial charge in [-0.3, -0.25) is 14.9 Å². The monoisotopic (exact) mass is 272 g/mol. The molecule has 3 amide bonds. The van der Waals surface area contributed by atoms with Crippen molar-refractivity contribution in [1.29, 1.82) is 0 Å². The number of carboxylic acids is 1. The van der Waals surface area contributed by atoms with Crippen LogP contribution in [0.3, 0.4) is 0 Å². The predicted octanol–water partition coefficient (Wildman–Crippen LogP) is 1.75. The fraction of sp³-hybridized carbons (Fsp3) is 0.769. The number of aliphatic carboxylic acids is 1. The Hall–Kier alpha value is -1.59. The Kier molecular flexibility index (Phi) is 7.11. The molecule has 0 aliphatic rings. The molecule has 0 spiro atoms. The van der Waals surface area contributed by atoms with Crippen molar-refractivity contribution in [2.24, 2.45) is 11.3 Å². The average Bonchev–Trinajstić information content (AvgIpc) is 2.22. The third-order valence-electron chi connectivity index (χ3n) is 2.68. The van der Waals surface area contributed by atoms with Crippen LogP contribution in [-0.4, -0.2) is 29.6 Å². The van der Waals surface area contributed by atoms with E-state index < -0.39 is 23.3 Å². The van der Waals surface area contributed by atoms with Gasteiger partial charge < -0.3 is 10.4 Å². The van der Waals surface area contributed by atoms with Crippen LogP contribution in [0.2, 0.25) is 0 Å². The van der Waals surface area contributed by atoms with E-state index in [0.717, 1.165) is 12.8 Å².